The second kappa shape index (κ2) is 6.83. The van der Waals surface area contributed by atoms with Gasteiger partial charge in [0.05, 0.1) is 11.5 Å². The van der Waals surface area contributed by atoms with Gasteiger partial charge in [0, 0.05) is 31.4 Å². The molecule has 0 radical (unpaired) electrons. The lowest BCUT2D eigenvalue weighted by Crippen LogP contribution is -2.39. The highest BCUT2D eigenvalue weighted by Crippen LogP contribution is 2.30. The van der Waals surface area contributed by atoms with E-state index in [1.165, 1.54) is 12.1 Å². The van der Waals surface area contributed by atoms with E-state index >= 15 is 0 Å². The summed E-state index contributed by atoms with van der Waals surface area (Å²) in [5.74, 6) is 0. The second-order valence-corrected chi connectivity index (χ2v) is 6.48. The topological polar surface area (TPSA) is 113 Å². The molecule has 8 nitrogen and oxygen atoms in total. The molecule has 0 aromatic heterocycles. The molecule has 1 aromatic carbocycles. The molecule has 0 heterocycles. The van der Waals surface area contributed by atoms with E-state index in [1.807, 2.05) is 0 Å². The summed E-state index contributed by atoms with van der Waals surface area (Å²) in [4.78, 5) is 9.95. The Hall–Kier alpha value is -1.71. The summed E-state index contributed by atoms with van der Waals surface area (Å²) in [7, 11) is -2.49. The van der Waals surface area contributed by atoms with Crippen molar-refractivity contribution in [2.75, 3.05) is 25.5 Å². The minimum Gasteiger partial charge on any atom is -0.395 e. The minimum absolute atomic E-state index is 0.124. The van der Waals surface area contributed by atoms with Gasteiger partial charge in [-0.15, -0.1) is 0 Å². The van der Waals surface area contributed by atoms with Crippen LogP contribution in [-0.2, 0) is 10.0 Å². The van der Waals surface area contributed by atoms with Gasteiger partial charge in [0.1, 0.15) is 0 Å². The number of aliphatic hydroxyl groups is 1. The highest BCUT2D eigenvalue weighted by molar-refractivity contribution is 7.89. The molecule has 0 amide bonds. The van der Waals surface area contributed by atoms with Crippen molar-refractivity contribution >= 4 is 21.4 Å². The molecule has 0 spiro atoms. The molecule has 118 valence electrons. The van der Waals surface area contributed by atoms with Crippen LogP contribution in [0.3, 0.4) is 0 Å². The Morgan fingerprint density at radius 1 is 1.43 bits per heavy atom. The number of nitrogens with zero attached hydrogens (tertiary/aromatic N) is 2. The normalized spacial score (nSPS) is 11.9. The summed E-state index contributed by atoms with van der Waals surface area (Å²) >= 11 is 0. The van der Waals surface area contributed by atoms with E-state index in [4.69, 9.17) is 5.11 Å². The lowest BCUT2D eigenvalue weighted by molar-refractivity contribution is -0.387. The molecular formula is C12H19N3O5S. The molecule has 0 fully saturated rings. The van der Waals surface area contributed by atoms with Gasteiger partial charge >= 0.3 is 0 Å². The van der Waals surface area contributed by atoms with E-state index in [0.29, 0.717) is 5.69 Å². The molecule has 0 saturated heterocycles. The van der Waals surface area contributed by atoms with Gasteiger partial charge in [0.2, 0.25) is 10.0 Å². The highest BCUT2D eigenvalue weighted by Gasteiger charge is 2.33. The summed E-state index contributed by atoms with van der Waals surface area (Å²) < 4.78 is 26.3. The van der Waals surface area contributed by atoms with Crippen molar-refractivity contribution in [3.05, 3.63) is 28.3 Å². The molecule has 0 bridgehead atoms. The molecule has 1 aromatic rings. The molecule has 0 atom stereocenters. The lowest BCUT2D eigenvalue weighted by Gasteiger charge is -2.25. The zero-order valence-corrected chi connectivity index (χ0v) is 12.9. The van der Waals surface area contributed by atoms with Crippen LogP contribution in [0.1, 0.15) is 13.8 Å². The van der Waals surface area contributed by atoms with Crippen LogP contribution < -0.4 is 5.32 Å². The third-order valence-electron chi connectivity index (χ3n) is 2.93. The van der Waals surface area contributed by atoms with Crippen molar-refractivity contribution in [2.24, 2.45) is 0 Å². The molecule has 0 saturated carbocycles. The monoisotopic (exact) mass is 317 g/mol. The zero-order chi connectivity index (χ0) is 16.2. The lowest BCUT2D eigenvalue weighted by atomic mass is 10.3. The number of nitro benzene ring substituents is 1. The maximum Gasteiger partial charge on any atom is 0.289 e. The number of aliphatic hydroxyl groups excluding tert-OH is 1. The largest absolute Gasteiger partial charge is 0.395 e. The van der Waals surface area contributed by atoms with Crippen LogP contribution in [0.25, 0.3) is 0 Å². The standard InChI is InChI=1S/C12H19N3O5S/c1-9(2)14(6-7-16)21(19,20)12-8-10(13-3)4-5-11(12)15(17)18/h4-5,8-9,13,16H,6-7H2,1-3H3. The fourth-order valence-corrected chi connectivity index (χ4v) is 3.72. The molecule has 1 rings (SSSR count). The van der Waals surface area contributed by atoms with E-state index in [0.717, 1.165) is 10.4 Å². The smallest absolute Gasteiger partial charge is 0.289 e. The fraction of sp³-hybridized carbons (Fsp3) is 0.500. The third-order valence-corrected chi connectivity index (χ3v) is 5.03. The summed E-state index contributed by atoms with van der Waals surface area (Å²) in [6.45, 7) is 2.79. The van der Waals surface area contributed by atoms with Gasteiger partial charge in [0.15, 0.2) is 4.90 Å². The molecule has 0 aliphatic carbocycles. The average Bonchev–Trinajstić information content (AvgIpc) is 2.43. The second-order valence-electron chi connectivity index (χ2n) is 4.62. The van der Waals surface area contributed by atoms with Crippen molar-refractivity contribution < 1.29 is 18.4 Å². The Morgan fingerprint density at radius 2 is 2.05 bits per heavy atom. The number of nitro groups is 1. The van der Waals surface area contributed by atoms with Crippen LogP contribution in [0.2, 0.25) is 0 Å². The number of sulfonamides is 1. The van der Waals surface area contributed by atoms with Crippen LogP contribution in [0.4, 0.5) is 11.4 Å². The van der Waals surface area contributed by atoms with Crippen molar-refractivity contribution in [1.82, 2.24) is 4.31 Å². The number of hydrogen-bond acceptors (Lipinski definition) is 6. The van der Waals surface area contributed by atoms with E-state index in [1.54, 1.807) is 20.9 Å². The van der Waals surface area contributed by atoms with Crippen molar-refractivity contribution in [3.8, 4) is 0 Å². The molecule has 0 aliphatic heterocycles. The Bertz CT molecular complexity index is 615. The average molecular weight is 317 g/mol. The first-order valence-corrected chi connectivity index (χ1v) is 7.78. The first-order chi connectivity index (χ1) is 9.75. The molecule has 9 heteroatoms. The van der Waals surface area contributed by atoms with E-state index in [9.17, 15) is 18.5 Å². The fourth-order valence-electron chi connectivity index (χ4n) is 1.91. The number of hydrogen-bond donors (Lipinski definition) is 2. The first-order valence-electron chi connectivity index (χ1n) is 6.34. The van der Waals surface area contributed by atoms with Crippen LogP contribution in [0, 0.1) is 10.1 Å². The van der Waals surface area contributed by atoms with Gasteiger partial charge < -0.3 is 10.4 Å². The van der Waals surface area contributed by atoms with Crippen LogP contribution in [0.15, 0.2) is 23.1 Å². The SMILES string of the molecule is CNc1ccc([N+](=O)[O-])c(S(=O)(=O)N(CCO)C(C)C)c1. The quantitative estimate of drug-likeness (QED) is 0.573. The van der Waals surface area contributed by atoms with Gasteiger partial charge in [-0.25, -0.2) is 8.42 Å². The van der Waals surface area contributed by atoms with Crippen LogP contribution >= 0.6 is 0 Å². The molecule has 2 N–H and O–H groups in total. The van der Waals surface area contributed by atoms with Crippen molar-refractivity contribution in [1.29, 1.82) is 0 Å². The Kier molecular flexibility index (Phi) is 5.64. The summed E-state index contributed by atoms with van der Waals surface area (Å²) in [5, 5.41) is 22.8. The number of benzene rings is 1. The van der Waals surface area contributed by atoms with Gasteiger partial charge in [-0.1, -0.05) is 0 Å². The maximum atomic E-state index is 12.6. The Balaban J connectivity index is 3.50. The summed E-state index contributed by atoms with van der Waals surface area (Å²) in [6, 6.07) is 3.37. The molecular weight excluding hydrogens is 298 g/mol. The van der Waals surface area contributed by atoms with Crippen LogP contribution in [-0.4, -0.2) is 49.0 Å². The maximum absolute atomic E-state index is 12.6. The molecule has 0 unspecified atom stereocenters. The first kappa shape index (κ1) is 17.3. The van der Waals surface area contributed by atoms with E-state index < -0.39 is 26.7 Å². The van der Waals surface area contributed by atoms with Gasteiger partial charge in [0.25, 0.3) is 5.69 Å². The zero-order valence-electron chi connectivity index (χ0n) is 12.1. The van der Waals surface area contributed by atoms with Crippen molar-refractivity contribution in [3.63, 3.8) is 0 Å². The van der Waals surface area contributed by atoms with Gasteiger partial charge in [-0.3, -0.25) is 10.1 Å². The predicted octanol–water partition coefficient (Wildman–Crippen LogP) is 1.03. The number of nitrogens with one attached hydrogen (secondary N) is 1. The molecule has 0 aliphatic rings. The van der Waals surface area contributed by atoms with Gasteiger partial charge in [-0.05, 0) is 26.0 Å². The summed E-state index contributed by atoms with van der Waals surface area (Å²) in [6.07, 6.45) is 0. The number of rotatable bonds is 7. The van der Waals surface area contributed by atoms with Crippen LogP contribution in [0.5, 0.6) is 0 Å². The summed E-state index contributed by atoms with van der Waals surface area (Å²) in [5.41, 5.74) is -0.0375. The predicted molar refractivity (Wildman–Crippen MR) is 78.8 cm³/mol. The van der Waals surface area contributed by atoms with E-state index in [-0.39, 0.29) is 18.0 Å². The Morgan fingerprint density at radius 3 is 2.48 bits per heavy atom. The molecule has 21 heavy (non-hydrogen) atoms. The minimum atomic E-state index is -4.08. The third kappa shape index (κ3) is 3.69. The highest BCUT2D eigenvalue weighted by atomic mass is 32.2. The van der Waals surface area contributed by atoms with Gasteiger partial charge in [-0.2, -0.15) is 4.31 Å². The Labute approximate surface area is 123 Å². The number of anilines is 1. The van der Waals surface area contributed by atoms with Crippen molar-refractivity contribution in [2.45, 2.75) is 24.8 Å². The van der Waals surface area contributed by atoms with E-state index in [2.05, 4.69) is 5.32 Å².